The average molecular weight is 769 g/mol. The number of hydrogen-bond donors (Lipinski definition) is 4. The van der Waals surface area contributed by atoms with Crippen LogP contribution in [0.4, 0.5) is 0 Å². The number of nitrogens with one attached hydrogen (secondary N) is 2. The molecule has 15 heteroatoms. The zero-order valence-electron chi connectivity index (χ0n) is 33.5. The number of aldehydes is 1. The molecule has 302 valence electrons. The SMILES string of the molecule is C=CC(C)C(C)O.CC.CC(C)=C(C)C(=O)/C=C(/C)C=O.CNCCN1C(=O)CC(SCCc2cn(C3CCC(COC)O3)c(=O)[nH]c2=O)C1=O.CO. The molecule has 0 saturated carbocycles. The van der Waals surface area contributed by atoms with Gasteiger partial charge in [0.1, 0.15) is 12.5 Å². The Balaban J connectivity index is 0. The number of imide groups is 1. The second-order valence-corrected chi connectivity index (χ2v) is 13.5. The van der Waals surface area contributed by atoms with Crippen molar-refractivity contribution < 1.29 is 38.9 Å². The summed E-state index contributed by atoms with van der Waals surface area (Å²) in [5.41, 5.74) is 1.65. The molecule has 0 radical (unpaired) electrons. The molecule has 0 aromatic carbocycles. The van der Waals surface area contributed by atoms with Crippen LogP contribution in [0.15, 0.2) is 51.2 Å². The molecule has 3 heterocycles. The van der Waals surface area contributed by atoms with Crippen molar-refractivity contribution in [2.24, 2.45) is 5.92 Å². The van der Waals surface area contributed by atoms with Crippen LogP contribution >= 0.6 is 11.8 Å². The lowest BCUT2D eigenvalue weighted by molar-refractivity contribution is -0.138. The third kappa shape index (κ3) is 18.9. The normalized spacial score (nSPS) is 18.8. The third-order valence-corrected chi connectivity index (χ3v) is 9.28. The number of amides is 2. The van der Waals surface area contributed by atoms with Crippen molar-refractivity contribution in [1.82, 2.24) is 19.8 Å². The Morgan fingerprint density at radius 3 is 2.26 bits per heavy atom. The van der Waals surface area contributed by atoms with Crippen LogP contribution in [0.1, 0.15) is 86.4 Å². The third-order valence-electron chi connectivity index (χ3n) is 8.06. The van der Waals surface area contributed by atoms with E-state index < -0.39 is 22.7 Å². The van der Waals surface area contributed by atoms with Gasteiger partial charge in [-0.25, -0.2) is 4.79 Å². The van der Waals surface area contributed by atoms with E-state index in [1.165, 1.54) is 27.3 Å². The topological polar surface area (TPSA) is 197 Å². The molecule has 0 aliphatic carbocycles. The highest BCUT2D eigenvalue weighted by Crippen LogP contribution is 2.28. The fraction of sp³-hybridized carbons (Fsp3) is 0.632. The number of likely N-dealkylation sites (N-methyl/N-ethyl adjacent to an activating group) is 1. The van der Waals surface area contributed by atoms with Crippen LogP contribution in [-0.4, -0.2) is 113 Å². The number of thioether (sulfide) groups is 1. The molecule has 4 N–H and O–H groups in total. The van der Waals surface area contributed by atoms with E-state index in [9.17, 15) is 28.8 Å². The standard InChI is InChI=1S/C19H28N4O6S.C10H14O2.C6H12O.C2H6.CH4O/c1-20-6-7-22-15(24)9-14(18(22)26)30-8-5-12-10-23(19(27)21-17(12)25)16-4-3-13(29-16)11-28-2;1-7(2)9(4)10(12)5-8(3)6-11;1-4-5(2)6(3)7;2*1-2/h10,13-14,16,20H,3-9,11H2,1-2H3,(H,21,25,27);5-6H,1-4H3;4-7H,1H2,2-3H3;1-2H3;2H,1H3/b;8-5-;;;. The molecule has 2 saturated heterocycles. The molecule has 2 aliphatic heterocycles. The number of aliphatic hydroxyl groups excluding tert-OH is 2. The van der Waals surface area contributed by atoms with E-state index in [0.29, 0.717) is 61.3 Å². The maximum absolute atomic E-state index is 12.4. The molecule has 0 bridgehead atoms. The van der Waals surface area contributed by atoms with Crippen LogP contribution in [0.2, 0.25) is 0 Å². The molecular weight excluding hydrogens is 705 g/mol. The second-order valence-electron chi connectivity index (χ2n) is 12.2. The van der Waals surface area contributed by atoms with Crippen LogP contribution in [0.3, 0.4) is 0 Å². The van der Waals surface area contributed by atoms with E-state index in [2.05, 4.69) is 16.9 Å². The number of carbonyl (C=O) groups excluding carboxylic acids is 4. The zero-order valence-corrected chi connectivity index (χ0v) is 34.3. The Morgan fingerprint density at radius 1 is 1.15 bits per heavy atom. The van der Waals surface area contributed by atoms with Crippen LogP contribution < -0.4 is 16.6 Å². The Kier molecular flexibility index (Phi) is 28.2. The van der Waals surface area contributed by atoms with Gasteiger partial charge in [0, 0.05) is 45.5 Å². The highest BCUT2D eigenvalue weighted by molar-refractivity contribution is 8.00. The maximum atomic E-state index is 12.4. The van der Waals surface area contributed by atoms with E-state index in [4.69, 9.17) is 19.7 Å². The summed E-state index contributed by atoms with van der Waals surface area (Å²) >= 11 is 1.37. The molecule has 53 heavy (non-hydrogen) atoms. The molecule has 0 spiro atoms. The van der Waals surface area contributed by atoms with Crippen molar-refractivity contribution in [2.45, 2.75) is 105 Å². The Hall–Kier alpha value is -3.47. The monoisotopic (exact) mass is 768 g/mol. The van der Waals surface area contributed by atoms with Gasteiger partial charge in [0.25, 0.3) is 5.56 Å². The van der Waals surface area contributed by atoms with Gasteiger partial charge in [0.2, 0.25) is 11.8 Å². The summed E-state index contributed by atoms with van der Waals surface area (Å²) in [6, 6.07) is 0. The summed E-state index contributed by atoms with van der Waals surface area (Å²) in [6.07, 6.45) is 6.55. The summed E-state index contributed by atoms with van der Waals surface area (Å²) in [5.74, 6) is 0.285. The minimum Gasteiger partial charge on any atom is -0.400 e. The van der Waals surface area contributed by atoms with Crippen molar-refractivity contribution >= 4 is 35.6 Å². The van der Waals surface area contributed by atoms with Gasteiger partial charge in [-0.1, -0.05) is 32.4 Å². The molecule has 5 unspecified atom stereocenters. The Morgan fingerprint density at radius 2 is 1.77 bits per heavy atom. The molecular formula is C38H64N4O10S. The summed E-state index contributed by atoms with van der Waals surface area (Å²) in [6.45, 7) is 19.7. The lowest BCUT2D eigenvalue weighted by atomic mass is 10.1. The van der Waals surface area contributed by atoms with Crippen molar-refractivity contribution in [1.29, 1.82) is 0 Å². The van der Waals surface area contributed by atoms with E-state index in [1.807, 2.05) is 34.6 Å². The summed E-state index contributed by atoms with van der Waals surface area (Å²) in [4.78, 5) is 74.0. The number of hydrogen-bond acceptors (Lipinski definition) is 12. The lowest BCUT2D eigenvalue weighted by Gasteiger charge is -2.16. The molecule has 2 aliphatic rings. The minimum atomic E-state index is -0.504. The first kappa shape index (κ1) is 51.6. The van der Waals surface area contributed by atoms with Crippen molar-refractivity contribution in [2.75, 3.05) is 46.7 Å². The van der Waals surface area contributed by atoms with Crippen molar-refractivity contribution in [3.8, 4) is 0 Å². The fourth-order valence-corrected chi connectivity index (χ4v) is 5.62. The van der Waals surface area contributed by atoms with Gasteiger partial charge < -0.3 is 25.0 Å². The summed E-state index contributed by atoms with van der Waals surface area (Å²) < 4.78 is 12.4. The molecule has 5 atom stereocenters. The summed E-state index contributed by atoms with van der Waals surface area (Å²) in [7, 11) is 4.36. The number of ketones is 1. The molecule has 1 aromatic rings. The maximum Gasteiger partial charge on any atom is 0.330 e. The van der Waals surface area contributed by atoms with Gasteiger partial charge in [-0.15, -0.1) is 18.3 Å². The number of allylic oxidation sites excluding steroid dienone is 4. The fourth-order valence-electron chi connectivity index (χ4n) is 4.46. The van der Waals surface area contributed by atoms with Gasteiger partial charge >= 0.3 is 5.69 Å². The van der Waals surface area contributed by atoms with E-state index in [-0.39, 0.29) is 42.1 Å². The molecule has 2 fully saturated rings. The smallest absolute Gasteiger partial charge is 0.330 e. The number of nitrogens with zero attached hydrogens (tertiary/aromatic N) is 2. The van der Waals surface area contributed by atoms with Crippen molar-refractivity contribution in [3.63, 3.8) is 0 Å². The number of likely N-dealkylation sites (tertiary alicyclic amines) is 1. The number of aliphatic hydroxyl groups is 2. The average Bonchev–Trinajstić information content (AvgIpc) is 3.72. The van der Waals surface area contributed by atoms with Crippen LogP contribution in [0.25, 0.3) is 0 Å². The highest BCUT2D eigenvalue weighted by Gasteiger charge is 2.38. The van der Waals surface area contributed by atoms with E-state index in [1.54, 1.807) is 47.2 Å². The minimum absolute atomic E-state index is 0.0744. The Labute approximate surface area is 319 Å². The van der Waals surface area contributed by atoms with Crippen LogP contribution in [-0.2, 0) is 35.1 Å². The first-order chi connectivity index (χ1) is 25.1. The van der Waals surface area contributed by atoms with Crippen LogP contribution in [0, 0.1) is 5.92 Å². The van der Waals surface area contributed by atoms with E-state index >= 15 is 0 Å². The summed E-state index contributed by atoms with van der Waals surface area (Å²) in [5, 5.41) is 18.3. The van der Waals surface area contributed by atoms with Crippen molar-refractivity contribution in [3.05, 3.63) is 68.0 Å². The number of ether oxygens (including phenoxy) is 2. The van der Waals surface area contributed by atoms with E-state index in [0.717, 1.165) is 19.1 Å². The van der Waals surface area contributed by atoms with Gasteiger partial charge in [0.15, 0.2) is 5.78 Å². The quantitative estimate of drug-likeness (QED) is 0.0881. The number of rotatable bonds is 15. The first-order valence-corrected chi connectivity index (χ1v) is 18.8. The lowest BCUT2D eigenvalue weighted by Crippen LogP contribution is -2.36. The predicted octanol–water partition coefficient (Wildman–Crippen LogP) is 3.36. The predicted molar refractivity (Wildman–Crippen MR) is 211 cm³/mol. The second kappa shape index (κ2) is 29.0. The molecule has 1 aromatic heterocycles. The number of H-pyrrole nitrogens is 1. The van der Waals surface area contributed by atoms with Gasteiger partial charge in [-0.05, 0) is 89.8 Å². The Bertz CT molecular complexity index is 1460. The number of aryl methyl sites for hydroxylation is 1. The largest absolute Gasteiger partial charge is 0.400 e. The van der Waals surface area contributed by atoms with Gasteiger partial charge in [0.05, 0.1) is 24.1 Å². The number of aromatic amines is 1. The van der Waals surface area contributed by atoms with Gasteiger partial charge in [-0.2, -0.15) is 0 Å². The molecule has 2 amide bonds. The first-order valence-electron chi connectivity index (χ1n) is 17.8. The molecule has 14 nitrogen and oxygen atoms in total. The number of methoxy groups -OCH3 is 1. The highest BCUT2D eigenvalue weighted by atomic mass is 32.2. The number of carbonyl (C=O) groups is 4. The zero-order chi connectivity index (χ0) is 41.3. The van der Waals surface area contributed by atoms with Gasteiger partial charge in [-0.3, -0.25) is 38.4 Å². The van der Waals surface area contributed by atoms with Crippen LogP contribution in [0.5, 0.6) is 0 Å². The molecule has 3 rings (SSSR count). The number of aromatic nitrogens is 2.